The van der Waals surface area contributed by atoms with Crippen LogP contribution in [0.2, 0.25) is 0 Å². The Morgan fingerprint density at radius 3 is 2.10 bits per heavy atom. The average molecular weight is 263 g/mol. The first kappa shape index (κ1) is 12.7. The minimum absolute atomic E-state index is 0.141. The normalized spacial score (nSPS) is 12.3. The van der Waals surface area contributed by atoms with E-state index in [4.69, 9.17) is 10.2 Å². The largest absolute Gasteiger partial charge is 0.469 e. The molecule has 2 nitrogen and oxygen atoms in total. The van der Waals surface area contributed by atoms with E-state index in [0.717, 1.165) is 16.9 Å². The molecule has 20 heavy (non-hydrogen) atoms. The first-order valence-corrected chi connectivity index (χ1v) is 6.70. The number of furan rings is 1. The zero-order valence-corrected chi connectivity index (χ0v) is 11.4. The van der Waals surface area contributed by atoms with Crippen LogP contribution in [0, 0.1) is 6.92 Å². The van der Waals surface area contributed by atoms with Gasteiger partial charge >= 0.3 is 0 Å². The number of rotatable bonds is 3. The molecule has 0 fully saturated rings. The summed E-state index contributed by atoms with van der Waals surface area (Å²) in [5, 5.41) is 0. The van der Waals surface area contributed by atoms with Crippen LogP contribution in [0.15, 0.2) is 71.3 Å². The Labute approximate surface area is 118 Å². The van der Waals surface area contributed by atoms with Crippen molar-refractivity contribution >= 4 is 0 Å². The number of hydrogen-bond donors (Lipinski definition) is 1. The van der Waals surface area contributed by atoms with E-state index in [9.17, 15) is 0 Å². The zero-order valence-electron chi connectivity index (χ0n) is 11.4. The van der Waals surface area contributed by atoms with Crippen LogP contribution in [-0.4, -0.2) is 0 Å². The molecule has 3 rings (SSSR count). The van der Waals surface area contributed by atoms with E-state index in [1.165, 1.54) is 11.1 Å². The van der Waals surface area contributed by atoms with E-state index < -0.39 is 0 Å². The van der Waals surface area contributed by atoms with Crippen LogP contribution >= 0.6 is 0 Å². The summed E-state index contributed by atoms with van der Waals surface area (Å²) in [6.45, 7) is 1.93. The quantitative estimate of drug-likeness (QED) is 0.765. The zero-order chi connectivity index (χ0) is 13.9. The van der Waals surface area contributed by atoms with Crippen LogP contribution in [0.25, 0.3) is 11.1 Å². The molecule has 0 aliphatic carbocycles. The fourth-order valence-corrected chi connectivity index (χ4v) is 2.33. The lowest BCUT2D eigenvalue weighted by atomic mass is 9.98. The molecule has 0 aliphatic rings. The van der Waals surface area contributed by atoms with Gasteiger partial charge < -0.3 is 10.2 Å². The van der Waals surface area contributed by atoms with E-state index in [-0.39, 0.29) is 6.04 Å². The van der Waals surface area contributed by atoms with Gasteiger partial charge in [0.05, 0.1) is 12.3 Å². The summed E-state index contributed by atoms with van der Waals surface area (Å²) in [4.78, 5) is 0. The van der Waals surface area contributed by atoms with E-state index >= 15 is 0 Å². The standard InChI is InChI=1S/C18H17NO/c1-13-11-17(12-20-13)18(19)16-9-7-15(8-10-16)14-5-3-2-4-6-14/h2-12,18H,19H2,1H3. The predicted octanol–water partition coefficient (Wildman–Crippen LogP) is 4.30. The van der Waals surface area contributed by atoms with Crippen molar-refractivity contribution in [3.8, 4) is 11.1 Å². The van der Waals surface area contributed by atoms with Crippen molar-refractivity contribution in [2.24, 2.45) is 5.73 Å². The Morgan fingerprint density at radius 1 is 0.850 bits per heavy atom. The first-order chi connectivity index (χ1) is 9.74. The van der Waals surface area contributed by atoms with Gasteiger partial charge in [-0.05, 0) is 29.7 Å². The van der Waals surface area contributed by atoms with Gasteiger partial charge in [-0.2, -0.15) is 0 Å². The molecule has 1 aromatic heterocycles. The van der Waals surface area contributed by atoms with Gasteiger partial charge in [0.25, 0.3) is 0 Å². The van der Waals surface area contributed by atoms with Crippen LogP contribution in [0.5, 0.6) is 0 Å². The maximum Gasteiger partial charge on any atom is 0.101 e. The van der Waals surface area contributed by atoms with Gasteiger partial charge in [-0.1, -0.05) is 54.6 Å². The predicted molar refractivity (Wildman–Crippen MR) is 81.4 cm³/mol. The minimum Gasteiger partial charge on any atom is -0.469 e. The van der Waals surface area contributed by atoms with E-state index in [0.29, 0.717) is 0 Å². The number of aryl methyl sites for hydroxylation is 1. The molecule has 100 valence electrons. The molecule has 2 aromatic carbocycles. The van der Waals surface area contributed by atoms with Crippen molar-refractivity contribution in [1.82, 2.24) is 0 Å². The number of benzene rings is 2. The molecule has 2 heteroatoms. The Bertz CT molecular complexity index is 683. The topological polar surface area (TPSA) is 39.2 Å². The maximum atomic E-state index is 6.26. The van der Waals surface area contributed by atoms with Crippen LogP contribution in [0.4, 0.5) is 0 Å². The summed E-state index contributed by atoms with van der Waals surface area (Å²) < 4.78 is 5.32. The third-order valence-corrected chi connectivity index (χ3v) is 3.49. The van der Waals surface area contributed by atoms with Crippen molar-refractivity contribution in [1.29, 1.82) is 0 Å². The van der Waals surface area contributed by atoms with Gasteiger partial charge in [0.15, 0.2) is 0 Å². The molecule has 0 bridgehead atoms. The Morgan fingerprint density at radius 2 is 1.50 bits per heavy atom. The minimum atomic E-state index is -0.141. The van der Waals surface area contributed by atoms with Crippen molar-refractivity contribution < 1.29 is 4.42 Å². The number of nitrogens with two attached hydrogens (primary N) is 1. The Hall–Kier alpha value is -2.32. The third kappa shape index (κ3) is 2.51. The third-order valence-electron chi connectivity index (χ3n) is 3.49. The second-order valence-corrected chi connectivity index (χ2v) is 4.96. The van der Waals surface area contributed by atoms with Crippen LogP contribution in [-0.2, 0) is 0 Å². The van der Waals surface area contributed by atoms with Gasteiger partial charge in [-0.15, -0.1) is 0 Å². The molecular weight excluding hydrogens is 246 g/mol. The lowest BCUT2D eigenvalue weighted by Crippen LogP contribution is -2.10. The Balaban J connectivity index is 1.86. The lowest BCUT2D eigenvalue weighted by Gasteiger charge is -2.10. The van der Waals surface area contributed by atoms with Gasteiger partial charge in [-0.25, -0.2) is 0 Å². The summed E-state index contributed by atoms with van der Waals surface area (Å²) in [5.41, 5.74) is 10.8. The highest BCUT2D eigenvalue weighted by atomic mass is 16.3. The fraction of sp³-hybridized carbons (Fsp3) is 0.111. The molecule has 0 saturated heterocycles. The molecule has 0 amide bonds. The average Bonchev–Trinajstić information content (AvgIpc) is 2.94. The first-order valence-electron chi connectivity index (χ1n) is 6.70. The van der Waals surface area contributed by atoms with E-state index in [1.807, 2.05) is 31.2 Å². The summed E-state index contributed by atoms with van der Waals surface area (Å²) in [5.74, 6) is 0.886. The molecule has 1 unspecified atom stereocenters. The van der Waals surface area contributed by atoms with Crippen LogP contribution < -0.4 is 5.73 Å². The summed E-state index contributed by atoms with van der Waals surface area (Å²) in [7, 11) is 0. The van der Waals surface area contributed by atoms with Gasteiger partial charge in [-0.3, -0.25) is 0 Å². The maximum absolute atomic E-state index is 6.26. The smallest absolute Gasteiger partial charge is 0.101 e. The van der Waals surface area contributed by atoms with Crippen molar-refractivity contribution in [2.45, 2.75) is 13.0 Å². The van der Waals surface area contributed by atoms with Crippen molar-refractivity contribution in [3.63, 3.8) is 0 Å². The van der Waals surface area contributed by atoms with Crippen LogP contribution in [0.1, 0.15) is 22.9 Å². The molecule has 0 saturated carbocycles. The van der Waals surface area contributed by atoms with E-state index in [1.54, 1.807) is 6.26 Å². The summed E-state index contributed by atoms with van der Waals surface area (Å²) in [6, 6.07) is 20.5. The highest BCUT2D eigenvalue weighted by Gasteiger charge is 2.11. The molecular formula is C18H17NO. The lowest BCUT2D eigenvalue weighted by molar-refractivity contribution is 0.530. The Kier molecular flexibility index (Phi) is 3.40. The van der Waals surface area contributed by atoms with Crippen molar-refractivity contribution in [3.05, 3.63) is 83.8 Å². The molecule has 0 spiro atoms. The van der Waals surface area contributed by atoms with Crippen molar-refractivity contribution in [2.75, 3.05) is 0 Å². The highest BCUT2D eigenvalue weighted by Crippen LogP contribution is 2.25. The summed E-state index contributed by atoms with van der Waals surface area (Å²) >= 11 is 0. The molecule has 0 radical (unpaired) electrons. The molecule has 1 atom stereocenters. The van der Waals surface area contributed by atoms with E-state index in [2.05, 4.69) is 36.4 Å². The molecule has 1 heterocycles. The number of hydrogen-bond acceptors (Lipinski definition) is 2. The molecule has 0 aliphatic heterocycles. The summed E-state index contributed by atoms with van der Waals surface area (Å²) in [6.07, 6.45) is 1.73. The highest BCUT2D eigenvalue weighted by molar-refractivity contribution is 5.63. The molecule has 2 N–H and O–H groups in total. The molecule has 3 aromatic rings. The SMILES string of the molecule is Cc1cc(C(N)c2ccc(-c3ccccc3)cc2)co1. The monoisotopic (exact) mass is 263 g/mol. The fourth-order valence-electron chi connectivity index (χ4n) is 2.33. The van der Waals surface area contributed by atoms with Gasteiger partial charge in [0, 0.05) is 5.56 Å². The van der Waals surface area contributed by atoms with Gasteiger partial charge in [0.1, 0.15) is 5.76 Å². The van der Waals surface area contributed by atoms with Gasteiger partial charge in [0.2, 0.25) is 0 Å². The second-order valence-electron chi connectivity index (χ2n) is 4.96. The second kappa shape index (κ2) is 5.35. The van der Waals surface area contributed by atoms with Crippen LogP contribution in [0.3, 0.4) is 0 Å².